The third-order valence-electron chi connectivity index (χ3n) is 9.36. The van der Waals surface area contributed by atoms with E-state index >= 15 is 0 Å². The van der Waals surface area contributed by atoms with Gasteiger partial charge >= 0.3 is 5.97 Å². The van der Waals surface area contributed by atoms with Crippen molar-refractivity contribution in [2.75, 3.05) is 7.11 Å². The second-order valence-electron chi connectivity index (χ2n) is 12.5. The van der Waals surface area contributed by atoms with Gasteiger partial charge in [-0.25, -0.2) is 4.79 Å². The third kappa shape index (κ3) is 6.79. The largest absolute Gasteiger partial charge is 0.465 e. The lowest BCUT2D eigenvalue weighted by Crippen LogP contribution is -2.51. The van der Waals surface area contributed by atoms with Crippen LogP contribution in [0.3, 0.4) is 0 Å². The van der Waals surface area contributed by atoms with Gasteiger partial charge in [-0.15, -0.1) is 11.3 Å². The predicted octanol–water partition coefficient (Wildman–Crippen LogP) is 8.37. The van der Waals surface area contributed by atoms with E-state index in [-0.39, 0.29) is 23.0 Å². The number of rotatable bonds is 12. The van der Waals surface area contributed by atoms with E-state index in [9.17, 15) is 9.59 Å². The minimum absolute atomic E-state index is 0.0476. The molecule has 2 aliphatic carbocycles. The summed E-state index contributed by atoms with van der Waals surface area (Å²) in [7, 11) is -0.452. The Labute approximate surface area is 224 Å². The zero-order valence-corrected chi connectivity index (χ0v) is 25.5. The number of carbonyl (C=O) groups is 2. The molecular formula is C30H48O4SSi. The molecule has 0 amide bonds. The Morgan fingerprint density at radius 2 is 2.00 bits per heavy atom. The van der Waals surface area contributed by atoms with E-state index in [4.69, 9.17) is 9.16 Å². The van der Waals surface area contributed by atoms with Gasteiger partial charge in [-0.3, -0.25) is 4.79 Å². The molecule has 2 aliphatic rings. The average Bonchev–Trinajstić information content (AvgIpc) is 3.39. The maximum Gasteiger partial charge on any atom is 0.348 e. The smallest absolute Gasteiger partial charge is 0.348 e. The van der Waals surface area contributed by atoms with Gasteiger partial charge in [0.15, 0.2) is 8.32 Å². The van der Waals surface area contributed by atoms with Crippen molar-refractivity contribution < 1.29 is 18.8 Å². The second-order valence-corrected chi connectivity index (χ2v) is 18.5. The van der Waals surface area contributed by atoms with Crippen LogP contribution < -0.4 is 0 Å². The zero-order valence-electron chi connectivity index (χ0n) is 23.7. The molecule has 6 heteroatoms. The SMILES string of the molecule is CCC1(C(C/C=C/[C@H]2C(=O)CC[C@@H]2CCCc2ccc(C(=O)OC)s2)O[Si](C)(C)C(C)(C)C)CCC1. The van der Waals surface area contributed by atoms with E-state index in [2.05, 4.69) is 52.9 Å². The van der Waals surface area contributed by atoms with Gasteiger partial charge < -0.3 is 9.16 Å². The molecule has 1 unspecified atom stereocenters. The Morgan fingerprint density at radius 3 is 2.58 bits per heavy atom. The molecule has 3 rings (SSSR count). The minimum Gasteiger partial charge on any atom is -0.465 e. The van der Waals surface area contributed by atoms with Gasteiger partial charge in [0, 0.05) is 17.2 Å². The highest BCUT2D eigenvalue weighted by Crippen LogP contribution is 2.51. The quantitative estimate of drug-likeness (QED) is 0.154. The Morgan fingerprint density at radius 1 is 1.28 bits per heavy atom. The number of thiophene rings is 1. The number of esters is 1. The van der Waals surface area contributed by atoms with Crippen LogP contribution in [0.2, 0.25) is 18.1 Å². The number of ketones is 1. The van der Waals surface area contributed by atoms with Crippen molar-refractivity contribution in [3.05, 3.63) is 34.0 Å². The number of carbonyl (C=O) groups excluding carboxylic acids is 2. The molecular weight excluding hydrogens is 484 g/mol. The number of hydrogen-bond donors (Lipinski definition) is 0. The third-order valence-corrected chi connectivity index (χ3v) is 15.0. The fourth-order valence-electron chi connectivity index (χ4n) is 5.62. The van der Waals surface area contributed by atoms with Gasteiger partial charge in [-0.1, -0.05) is 46.3 Å². The summed E-state index contributed by atoms with van der Waals surface area (Å²) in [5, 5.41) is 0.195. The van der Waals surface area contributed by atoms with E-state index < -0.39 is 8.32 Å². The van der Waals surface area contributed by atoms with Crippen LogP contribution >= 0.6 is 11.3 Å². The molecule has 0 radical (unpaired) electrons. The highest BCUT2D eigenvalue weighted by Gasteiger charge is 2.47. The molecule has 3 atom stereocenters. The van der Waals surface area contributed by atoms with Gasteiger partial charge in [0.05, 0.1) is 13.2 Å². The van der Waals surface area contributed by atoms with Crippen molar-refractivity contribution in [1.82, 2.24) is 0 Å². The van der Waals surface area contributed by atoms with Crippen LogP contribution in [0.15, 0.2) is 24.3 Å². The first-order valence-electron chi connectivity index (χ1n) is 14.0. The molecule has 0 N–H and O–H groups in total. The van der Waals surface area contributed by atoms with E-state index in [0.717, 1.165) is 32.1 Å². The van der Waals surface area contributed by atoms with Crippen molar-refractivity contribution >= 4 is 31.4 Å². The van der Waals surface area contributed by atoms with E-state index in [1.54, 1.807) is 0 Å². The summed E-state index contributed by atoms with van der Waals surface area (Å²) in [6.45, 7) is 14.0. The lowest BCUT2D eigenvalue weighted by atomic mass is 9.63. The lowest BCUT2D eigenvalue weighted by molar-refractivity contribution is -0.119. The molecule has 0 aromatic carbocycles. The Hall–Kier alpha value is -1.24. The number of hydrogen-bond acceptors (Lipinski definition) is 5. The predicted molar refractivity (Wildman–Crippen MR) is 152 cm³/mol. The average molecular weight is 533 g/mol. The highest BCUT2D eigenvalue weighted by atomic mass is 32.1. The van der Waals surface area contributed by atoms with Crippen molar-refractivity contribution in [2.24, 2.45) is 17.3 Å². The summed E-state index contributed by atoms with van der Waals surface area (Å²) >= 11 is 1.52. The standard InChI is InChI=1S/C30H48O4SSi/c1-8-30(20-11-21-30)27(34-36(6,7)29(2,3)4)15-10-14-24-22(16-18-25(24)31)12-9-13-23-17-19-26(35-23)28(32)33-5/h10,14,17,19,22,24,27H,8-9,11-13,15-16,18,20-21H2,1-7H3/b14-10+/t22-,24+,27?/m0/s1. The Balaban J connectivity index is 1.60. The first-order valence-corrected chi connectivity index (χ1v) is 17.7. The normalized spacial score (nSPS) is 23.1. The van der Waals surface area contributed by atoms with Crippen LogP contribution in [0.4, 0.5) is 0 Å². The number of ether oxygens (including phenoxy) is 1. The first-order chi connectivity index (χ1) is 16.9. The molecule has 0 spiro atoms. The second kappa shape index (κ2) is 12.1. The maximum absolute atomic E-state index is 12.8. The molecule has 2 fully saturated rings. The number of aryl methyl sites for hydroxylation is 1. The minimum atomic E-state index is -1.87. The summed E-state index contributed by atoms with van der Waals surface area (Å²) in [4.78, 5) is 26.3. The topological polar surface area (TPSA) is 52.6 Å². The van der Waals surface area contributed by atoms with Crippen molar-refractivity contribution in [2.45, 2.75) is 116 Å². The molecule has 0 aliphatic heterocycles. The van der Waals surface area contributed by atoms with Crippen molar-refractivity contribution in [3.63, 3.8) is 0 Å². The first kappa shape index (κ1) is 29.3. The van der Waals surface area contributed by atoms with Crippen LogP contribution in [-0.4, -0.2) is 33.3 Å². The van der Waals surface area contributed by atoms with Gasteiger partial charge in [-0.05, 0) is 93.0 Å². The monoisotopic (exact) mass is 532 g/mol. The van der Waals surface area contributed by atoms with Gasteiger partial charge in [0.25, 0.3) is 0 Å². The van der Waals surface area contributed by atoms with Crippen molar-refractivity contribution in [3.8, 4) is 0 Å². The van der Waals surface area contributed by atoms with E-state index in [0.29, 0.717) is 28.4 Å². The molecule has 0 saturated heterocycles. The highest BCUT2D eigenvalue weighted by molar-refractivity contribution is 7.13. The number of allylic oxidation sites excluding steroid dienone is 1. The molecule has 0 bridgehead atoms. The van der Waals surface area contributed by atoms with Crippen LogP contribution in [0.5, 0.6) is 0 Å². The fourth-order valence-corrected chi connectivity index (χ4v) is 8.00. The molecule has 4 nitrogen and oxygen atoms in total. The molecule has 1 aromatic heterocycles. The summed E-state index contributed by atoms with van der Waals surface area (Å²) in [6, 6.07) is 3.88. The molecule has 1 aromatic rings. The van der Waals surface area contributed by atoms with Crippen LogP contribution in [-0.2, 0) is 20.4 Å². The lowest BCUT2D eigenvalue weighted by Gasteiger charge is -2.51. The van der Waals surface area contributed by atoms with Crippen LogP contribution in [0.25, 0.3) is 0 Å². The molecule has 1 heterocycles. The summed E-state index contributed by atoms with van der Waals surface area (Å²) in [5.74, 6) is 0.611. The molecule has 2 saturated carbocycles. The number of Topliss-reactive ketones (excluding diaryl/α,β-unsaturated/α-hetero) is 1. The fraction of sp³-hybridized carbons (Fsp3) is 0.733. The van der Waals surface area contributed by atoms with Gasteiger partial charge in [-0.2, -0.15) is 0 Å². The summed E-state index contributed by atoms with van der Waals surface area (Å²) < 4.78 is 11.8. The molecule has 36 heavy (non-hydrogen) atoms. The number of methoxy groups -OCH3 is 1. The summed E-state index contributed by atoms with van der Waals surface area (Å²) in [5.41, 5.74) is 0.308. The van der Waals surface area contributed by atoms with Gasteiger partial charge in [0.2, 0.25) is 0 Å². The Bertz CT molecular complexity index is 916. The van der Waals surface area contributed by atoms with E-state index in [1.165, 1.54) is 49.0 Å². The summed E-state index contributed by atoms with van der Waals surface area (Å²) in [6.07, 6.45) is 15.4. The maximum atomic E-state index is 12.8. The van der Waals surface area contributed by atoms with E-state index in [1.807, 2.05) is 12.1 Å². The molecule has 202 valence electrons. The van der Waals surface area contributed by atoms with Crippen LogP contribution in [0.1, 0.15) is 100 Å². The Kier molecular flexibility index (Phi) is 9.84. The van der Waals surface area contributed by atoms with Crippen molar-refractivity contribution in [1.29, 1.82) is 0 Å². The zero-order chi connectivity index (χ0) is 26.6. The van der Waals surface area contributed by atoms with Gasteiger partial charge in [0.1, 0.15) is 10.7 Å². The van der Waals surface area contributed by atoms with Crippen LogP contribution in [0, 0.1) is 17.3 Å².